The van der Waals surface area contributed by atoms with Crippen LogP contribution in [-0.2, 0) is 0 Å². The molecule has 0 saturated carbocycles. The molecule has 0 amide bonds. The second-order valence-electron chi connectivity index (χ2n) is 5.44. The number of hydrogen-bond donors (Lipinski definition) is 2. The van der Waals surface area contributed by atoms with Crippen molar-refractivity contribution >= 4 is 0 Å². The number of hydrogen-bond acceptors (Lipinski definition) is 4. The Hall–Kier alpha value is -0.160. The van der Waals surface area contributed by atoms with Gasteiger partial charge >= 0.3 is 0 Å². The van der Waals surface area contributed by atoms with Gasteiger partial charge in [-0.2, -0.15) is 0 Å². The van der Waals surface area contributed by atoms with E-state index in [9.17, 15) is 0 Å². The second-order valence-corrected chi connectivity index (χ2v) is 5.44. The molecule has 0 aliphatic carbocycles. The van der Waals surface area contributed by atoms with Crippen molar-refractivity contribution in [1.29, 1.82) is 0 Å². The van der Waals surface area contributed by atoms with Crippen LogP contribution in [0.1, 0.15) is 19.3 Å². The van der Waals surface area contributed by atoms with E-state index in [0.29, 0.717) is 0 Å². The van der Waals surface area contributed by atoms with Crippen molar-refractivity contribution < 1.29 is 0 Å². The van der Waals surface area contributed by atoms with E-state index in [1.165, 1.54) is 38.9 Å². The Balaban J connectivity index is 1.84. The number of nitrogens with one attached hydrogen (secondary N) is 2. The van der Waals surface area contributed by atoms with Crippen LogP contribution in [0.3, 0.4) is 0 Å². The zero-order valence-electron chi connectivity index (χ0n) is 11.8. The molecule has 1 rings (SSSR count). The lowest BCUT2D eigenvalue weighted by atomic mass is 10.1. The third-order valence-electron chi connectivity index (χ3n) is 3.41. The Morgan fingerprint density at radius 1 is 1.12 bits per heavy atom. The first-order chi connectivity index (χ1) is 8.18. The maximum Gasteiger partial charge on any atom is 0.00919 e. The number of likely N-dealkylation sites (tertiary alicyclic amines) is 1. The Bertz CT molecular complexity index is 176. The van der Waals surface area contributed by atoms with Crippen LogP contribution in [0, 0.1) is 0 Å². The van der Waals surface area contributed by atoms with E-state index in [1.54, 1.807) is 0 Å². The molecular formula is C13H30N4. The normalized spacial score (nSPS) is 19.1. The quantitative estimate of drug-likeness (QED) is 0.596. The summed E-state index contributed by atoms with van der Waals surface area (Å²) in [6.45, 7) is 7.00. The molecule has 1 heterocycles. The fraction of sp³-hybridized carbons (Fsp3) is 1.00. The van der Waals surface area contributed by atoms with Crippen LogP contribution in [0.2, 0.25) is 0 Å². The van der Waals surface area contributed by atoms with E-state index >= 15 is 0 Å². The molecule has 0 aromatic rings. The average Bonchev–Trinajstić information content (AvgIpc) is 2.30. The second kappa shape index (κ2) is 8.86. The maximum atomic E-state index is 3.64. The van der Waals surface area contributed by atoms with Gasteiger partial charge in [-0.25, -0.2) is 0 Å². The van der Waals surface area contributed by atoms with Crippen LogP contribution in [0.4, 0.5) is 0 Å². The van der Waals surface area contributed by atoms with E-state index in [2.05, 4.69) is 41.6 Å². The van der Waals surface area contributed by atoms with Gasteiger partial charge < -0.3 is 20.4 Å². The SMILES string of the molecule is CN(C)CCCNCCNC1CCN(C)CC1. The predicted octanol–water partition coefficient (Wildman–Crippen LogP) is 0.212. The smallest absolute Gasteiger partial charge is 0.00919 e. The third kappa shape index (κ3) is 7.71. The van der Waals surface area contributed by atoms with Crippen LogP contribution in [0.5, 0.6) is 0 Å². The van der Waals surface area contributed by atoms with E-state index < -0.39 is 0 Å². The molecule has 0 aromatic carbocycles. The van der Waals surface area contributed by atoms with Crippen LogP contribution >= 0.6 is 0 Å². The van der Waals surface area contributed by atoms with Gasteiger partial charge in [0.2, 0.25) is 0 Å². The average molecular weight is 242 g/mol. The summed E-state index contributed by atoms with van der Waals surface area (Å²) in [4.78, 5) is 4.65. The lowest BCUT2D eigenvalue weighted by Crippen LogP contribution is -2.43. The largest absolute Gasteiger partial charge is 0.315 e. The van der Waals surface area contributed by atoms with Crippen molar-refractivity contribution in [3.05, 3.63) is 0 Å². The summed E-state index contributed by atoms with van der Waals surface area (Å²) in [6.07, 6.45) is 3.84. The van der Waals surface area contributed by atoms with Gasteiger partial charge in [-0.05, 0) is 66.6 Å². The van der Waals surface area contributed by atoms with E-state index in [0.717, 1.165) is 25.7 Å². The standard InChI is InChI=1S/C13H30N4/c1-16(2)10-4-7-14-8-9-15-13-5-11-17(3)12-6-13/h13-15H,4-12H2,1-3H3. The summed E-state index contributed by atoms with van der Waals surface area (Å²) in [7, 11) is 6.46. The van der Waals surface area contributed by atoms with Crippen molar-refractivity contribution in [2.75, 3.05) is 60.4 Å². The monoisotopic (exact) mass is 242 g/mol. The molecule has 1 fully saturated rings. The van der Waals surface area contributed by atoms with Crippen molar-refractivity contribution in [2.45, 2.75) is 25.3 Å². The maximum absolute atomic E-state index is 3.64. The number of nitrogens with zero attached hydrogens (tertiary/aromatic N) is 2. The Morgan fingerprint density at radius 2 is 1.82 bits per heavy atom. The van der Waals surface area contributed by atoms with Gasteiger partial charge in [0.15, 0.2) is 0 Å². The molecule has 0 aromatic heterocycles. The summed E-state index contributed by atoms with van der Waals surface area (Å²) < 4.78 is 0. The highest BCUT2D eigenvalue weighted by Gasteiger charge is 2.14. The van der Waals surface area contributed by atoms with E-state index in [4.69, 9.17) is 0 Å². The fourth-order valence-electron chi connectivity index (χ4n) is 2.22. The highest BCUT2D eigenvalue weighted by atomic mass is 15.1. The summed E-state index contributed by atoms with van der Waals surface area (Å²) in [5, 5.41) is 7.13. The molecule has 1 saturated heterocycles. The molecule has 4 heteroatoms. The van der Waals surface area contributed by atoms with Crippen LogP contribution < -0.4 is 10.6 Å². The molecule has 0 atom stereocenters. The summed E-state index contributed by atoms with van der Waals surface area (Å²) in [5.74, 6) is 0. The number of rotatable bonds is 8. The van der Waals surface area contributed by atoms with Gasteiger partial charge in [0.05, 0.1) is 0 Å². The van der Waals surface area contributed by atoms with Gasteiger partial charge in [-0.1, -0.05) is 0 Å². The lowest BCUT2D eigenvalue weighted by Gasteiger charge is -2.29. The summed E-state index contributed by atoms with van der Waals surface area (Å²) >= 11 is 0. The fourth-order valence-corrected chi connectivity index (χ4v) is 2.22. The van der Waals surface area contributed by atoms with Crippen LogP contribution in [0.15, 0.2) is 0 Å². The molecule has 2 N–H and O–H groups in total. The minimum absolute atomic E-state index is 0.745. The van der Waals surface area contributed by atoms with Gasteiger partial charge in [0.25, 0.3) is 0 Å². The minimum Gasteiger partial charge on any atom is -0.315 e. The molecule has 4 nitrogen and oxygen atoms in total. The third-order valence-corrected chi connectivity index (χ3v) is 3.41. The first kappa shape index (κ1) is 14.9. The zero-order chi connectivity index (χ0) is 12.5. The van der Waals surface area contributed by atoms with Crippen LogP contribution in [0.25, 0.3) is 0 Å². The Labute approximate surface area is 107 Å². The molecule has 0 radical (unpaired) electrons. The molecule has 0 bridgehead atoms. The minimum atomic E-state index is 0.745. The zero-order valence-corrected chi connectivity index (χ0v) is 11.8. The van der Waals surface area contributed by atoms with Crippen molar-refractivity contribution in [1.82, 2.24) is 20.4 Å². The predicted molar refractivity (Wildman–Crippen MR) is 74.6 cm³/mol. The first-order valence-corrected chi connectivity index (χ1v) is 6.96. The van der Waals surface area contributed by atoms with Crippen LogP contribution in [-0.4, -0.2) is 76.3 Å². The first-order valence-electron chi connectivity index (χ1n) is 6.96. The lowest BCUT2D eigenvalue weighted by molar-refractivity contribution is 0.235. The van der Waals surface area contributed by atoms with E-state index in [1.807, 2.05) is 0 Å². The van der Waals surface area contributed by atoms with Gasteiger partial charge in [0.1, 0.15) is 0 Å². The topological polar surface area (TPSA) is 30.5 Å². The molecular weight excluding hydrogens is 212 g/mol. The van der Waals surface area contributed by atoms with Crippen molar-refractivity contribution in [3.8, 4) is 0 Å². The molecule has 0 spiro atoms. The Morgan fingerprint density at radius 3 is 2.47 bits per heavy atom. The molecule has 1 aliphatic rings. The van der Waals surface area contributed by atoms with Gasteiger partial charge in [-0.3, -0.25) is 0 Å². The van der Waals surface area contributed by atoms with Crippen molar-refractivity contribution in [3.63, 3.8) is 0 Å². The summed E-state index contributed by atoms with van der Waals surface area (Å²) in [6, 6.07) is 0.745. The highest BCUT2D eigenvalue weighted by molar-refractivity contribution is 4.75. The molecule has 1 aliphatic heterocycles. The molecule has 0 unspecified atom stereocenters. The van der Waals surface area contributed by atoms with E-state index in [-0.39, 0.29) is 0 Å². The summed E-state index contributed by atoms with van der Waals surface area (Å²) in [5.41, 5.74) is 0. The van der Waals surface area contributed by atoms with Gasteiger partial charge in [0, 0.05) is 19.1 Å². The molecule has 102 valence electrons. The number of piperidine rings is 1. The highest BCUT2D eigenvalue weighted by Crippen LogP contribution is 2.07. The van der Waals surface area contributed by atoms with Gasteiger partial charge in [-0.15, -0.1) is 0 Å². The Kier molecular flexibility index (Phi) is 7.77. The molecule has 17 heavy (non-hydrogen) atoms. The van der Waals surface area contributed by atoms with Crippen molar-refractivity contribution in [2.24, 2.45) is 0 Å².